The molecular weight excluding hydrogens is 399 g/mol. The third-order valence-electron chi connectivity index (χ3n) is 3.97. The fourth-order valence-corrected chi connectivity index (χ4v) is 2.87. The zero-order chi connectivity index (χ0) is 15.4. The fraction of sp³-hybridized carbons (Fsp3) is 0.333. The van der Waals surface area contributed by atoms with Gasteiger partial charge in [0.2, 0.25) is 0 Å². The van der Waals surface area contributed by atoms with Crippen LogP contribution in [0.4, 0.5) is 5.69 Å². The van der Waals surface area contributed by atoms with Gasteiger partial charge < -0.3 is 11.1 Å². The summed E-state index contributed by atoms with van der Waals surface area (Å²) in [5.41, 5.74) is 12.0. The van der Waals surface area contributed by atoms with Crippen LogP contribution in [-0.2, 0) is 19.3 Å². The van der Waals surface area contributed by atoms with Crippen LogP contribution in [-0.4, -0.2) is 17.5 Å². The molecule has 2 aromatic rings. The lowest BCUT2D eigenvalue weighted by atomic mass is 10.1. The smallest absolute Gasteiger partial charge is 0.193 e. The van der Waals surface area contributed by atoms with Crippen molar-refractivity contribution in [3.8, 4) is 0 Å². The van der Waals surface area contributed by atoms with E-state index in [0.29, 0.717) is 12.5 Å². The van der Waals surface area contributed by atoms with Crippen LogP contribution >= 0.6 is 24.0 Å². The Morgan fingerprint density at radius 1 is 1.22 bits per heavy atom. The maximum atomic E-state index is 5.96. The highest BCUT2D eigenvalue weighted by molar-refractivity contribution is 14.0. The molecule has 0 amide bonds. The van der Waals surface area contributed by atoms with Crippen LogP contribution < -0.4 is 11.1 Å². The minimum Gasteiger partial charge on any atom is -0.370 e. The van der Waals surface area contributed by atoms with E-state index in [-0.39, 0.29) is 24.0 Å². The van der Waals surface area contributed by atoms with Gasteiger partial charge in [0.25, 0.3) is 0 Å². The highest BCUT2D eigenvalue weighted by Gasteiger charge is 2.10. The maximum absolute atomic E-state index is 5.96. The predicted octanol–water partition coefficient (Wildman–Crippen LogP) is 3.47. The van der Waals surface area contributed by atoms with Gasteiger partial charge in [-0.15, -0.1) is 24.0 Å². The molecule has 23 heavy (non-hydrogen) atoms. The molecule has 3 N–H and O–H groups in total. The Balaban J connectivity index is 0.00000192. The van der Waals surface area contributed by atoms with Crippen molar-refractivity contribution in [2.75, 3.05) is 11.9 Å². The minimum absolute atomic E-state index is 0. The number of aryl methyl sites for hydroxylation is 3. The first-order chi connectivity index (χ1) is 10.7. The van der Waals surface area contributed by atoms with E-state index in [9.17, 15) is 0 Å². The van der Waals surface area contributed by atoms with Crippen LogP contribution in [0.5, 0.6) is 0 Å². The molecule has 1 aliphatic rings. The normalized spacial score (nSPS) is 13.3. The van der Waals surface area contributed by atoms with Gasteiger partial charge in [0.15, 0.2) is 5.96 Å². The van der Waals surface area contributed by atoms with Crippen molar-refractivity contribution in [3.63, 3.8) is 0 Å². The van der Waals surface area contributed by atoms with Crippen molar-refractivity contribution in [2.45, 2.75) is 32.6 Å². The number of halogens is 1. The number of anilines is 1. The second-order valence-electron chi connectivity index (χ2n) is 5.75. The average Bonchev–Trinajstić information content (AvgIpc) is 2.95. The van der Waals surface area contributed by atoms with E-state index < -0.39 is 0 Å². The molecule has 3 rings (SSSR count). The Kier molecular flexibility index (Phi) is 6.38. The number of fused-ring (bicyclic) bond motifs is 1. The molecule has 1 aromatic carbocycles. The van der Waals surface area contributed by atoms with E-state index in [1.807, 2.05) is 25.1 Å². The lowest BCUT2D eigenvalue weighted by Crippen LogP contribution is -2.23. The second-order valence-corrected chi connectivity index (χ2v) is 5.75. The first kappa shape index (κ1) is 17.7. The molecule has 0 unspecified atom stereocenters. The number of pyridine rings is 1. The van der Waals surface area contributed by atoms with Crippen LogP contribution in [0, 0.1) is 6.92 Å². The van der Waals surface area contributed by atoms with Gasteiger partial charge in [-0.1, -0.05) is 12.1 Å². The molecule has 0 atom stereocenters. The Hall–Kier alpha value is -1.63. The average molecular weight is 422 g/mol. The summed E-state index contributed by atoms with van der Waals surface area (Å²) in [6, 6.07) is 12.5. The van der Waals surface area contributed by atoms with Gasteiger partial charge in [-0.3, -0.25) is 9.98 Å². The predicted molar refractivity (Wildman–Crippen MR) is 107 cm³/mol. The van der Waals surface area contributed by atoms with Gasteiger partial charge in [-0.2, -0.15) is 0 Å². The third kappa shape index (κ3) is 4.92. The van der Waals surface area contributed by atoms with E-state index in [2.05, 4.69) is 33.5 Å². The van der Waals surface area contributed by atoms with Gasteiger partial charge >= 0.3 is 0 Å². The number of hydrogen-bond donors (Lipinski definition) is 2. The van der Waals surface area contributed by atoms with E-state index >= 15 is 0 Å². The Labute approximate surface area is 154 Å². The molecule has 1 heterocycles. The van der Waals surface area contributed by atoms with Gasteiger partial charge in [-0.05, 0) is 61.6 Å². The molecule has 122 valence electrons. The molecule has 0 saturated heterocycles. The first-order valence-electron chi connectivity index (χ1n) is 7.82. The zero-order valence-corrected chi connectivity index (χ0v) is 15.7. The highest BCUT2D eigenvalue weighted by Crippen LogP contribution is 2.24. The monoisotopic (exact) mass is 422 g/mol. The zero-order valence-electron chi connectivity index (χ0n) is 13.4. The molecule has 0 fully saturated rings. The van der Waals surface area contributed by atoms with Crippen LogP contribution in [0.1, 0.15) is 28.9 Å². The molecule has 0 aliphatic heterocycles. The van der Waals surface area contributed by atoms with Gasteiger partial charge in [0.05, 0.1) is 0 Å². The summed E-state index contributed by atoms with van der Waals surface area (Å²) in [6.07, 6.45) is 4.42. The lowest BCUT2D eigenvalue weighted by Gasteiger charge is -2.08. The molecule has 5 heteroatoms. The van der Waals surface area contributed by atoms with Gasteiger partial charge in [0, 0.05) is 30.0 Å². The molecule has 0 spiro atoms. The largest absolute Gasteiger partial charge is 0.370 e. The van der Waals surface area contributed by atoms with Crippen LogP contribution in [0.3, 0.4) is 0 Å². The van der Waals surface area contributed by atoms with E-state index in [1.54, 1.807) is 0 Å². The number of nitrogens with zero attached hydrogens (tertiary/aromatic N) is 2. The van der Waals surface area contributed by atoms with Gasteiger partial charge in [0.1, 0.15) is 0 Å². The molecule has 1 aromatic heterocycles. The maximum Gasteiger partial charge on any atom is 0.193 e. The summed E-state index contributed by atoms with van der Waals surface area (Å²) < 4.78 is 0. The van der Waals surface area contributed by atoms with Crippen molar-refractivity contribution in [1.82, 2.24) is 4.98 Å². The van der Waals surface area contributed by atoms with Crippen LogP contribution in [0.15, 0.2) is 41.4 Å². The van der Waals surface area contributed by atoms with Crippen LogP contribution in [0.2, 0.25) is 0 Å². The number of hydrogen-bond acceptors (Lipinski definition) is 2. The summed E-state index contributed by atoms with van der Waals surface area (Å²) in [6.45, 7) is 2.64. The quantitative estimate of drug-likeness (QED) is 0.451. The molecule has 4 nitrogen and oxygen atoms in total. The van der Waals surface area contributed by atoms with E-state index in [0.717, 1.165) is 23.5 Å². The number of aliphatic imine (C=N–C) groups is 1. The molecular formula is C18H23IN4. The minimum atomic E-state index is 0. The second kappa shape index (κ2) is 8.29. The fourth-order valence-electron chi connectivity index (χ4n) is 2.87. The number of nitrogens with two attached hydrogens (primary N) is 1. The van der Waals surface area contributed by atoms with Crippen molar-refractivity contribution >= 4 is 35.6 Å². The lowest BCUT2D eigenvalue weighted by molar-refractivity contribution is 0.910. The van der Waals surface area contributed by atoms with Gasteiger partial charge in [-0.25, -0.2) is 0 Å². The van der Waals surface area contributed by atoms with Crippen LogP contribution in [0.25, 0.3) is 0 Å². The molecule has 0 saturated carbocycles. The Morgan fingerprint density at radius 3 is 2.87 bits per heavy atom. The Morgan fingerprint density at radius 2 is 2.04 bits per heavy atom. The number of rotatable bonds is 4. The van der Waals surface area contributed by atoms with Crippen molar-refractivity contribution in [3.05, 3.63) is 58.9 Å². The SMILES string of the molecule is Cc1cccc(CCN=C(N)Nc2ccc3c(c2)CCC3)n1.I. The number of benzene rings is 1. The number of guanidine groups is 1. The summed E-state index contributed by atoms with van der Waals surface area (Å²) in [7, 11) is 0. The number of aromatic nitrogens is 1. The molecule has 1 aliphatic carbocycles. The van der Waals surface area contributed by atoms with Crippen molar-refractivity contribution in [1.29, 1.82) is 0 Å². The topological polar surface area (TPSA) is 63.3 Å². The molecule has 0 radical (unpaired) electrons. The summed E-state index contributed by atoms with van der Waals surface area (Å²) >= 11 is 0. The number of nitrogens with one attached hydrogen (secondary N) is 1. The first-order valence-corrected chi connectivity index (χ1v) is 7.82. The van der Waals surface area contributed by atoms with Crippen molar-refractivity contribution < 1.29 is 0 Å². The molecule has 0 bridgehead atoms. The van der Waals surface area contributed by atoms with Crippen molar-refractivity contribution in [2.24, 2.45) is 10.7 Å². The van der Waals surface area contributed by atoms with E-state index in [1.165, 1.54) is 30.4 Å². The summed E-state index contributed by atoms with van der Waals surface area (Å²) in [4.78, 5) is 8.84. The van der Waals surface area contributed by atoms with E-state index in [4.69, 9.17) is 5.73 Å². The Bertz CT molecular complexity index is 697. The third-order valence-corrected chi connectivity index (χ3v) is 3.97. The standard InChI is InChI=1S/C18H22N4.HI/c1-13-4-2-7-16(21-13)10-11-20-18(19)22-17-9-8-14-5-3-6-15(14)12-17;/h2,4,7-9,12H,3,5-6,10-11H2,1H3,(H3,19,20,22);1H. The highest BCUT2D eigenvalue weighted by atomic mass is 127. The summed E-state index contributed by atoms with van der Waals surface area (Å²) in [5, 5.41) is 3.18. The summed E-state index contributed by atoms with van der Waals surface area (Å²) in [5.74, 6) is 0.464.